The van der Waals surface area contributed by atoms with Crippen LogP contribution in [0.5, 0.6) is 0 Å². The number of hydrogen-bond donors (Lipinski definition) is 2. The molecule has 2 aromatic rings. The smallest absolute Gasteiger partial charge is 0.337 e. The zero-order valence-electron chi connectivity index (χ0n) is 16.5. The van der Waals surface area contributed by atoms with E-state index in [1.807, 2.05) is 0 Å². The first kappa shape index (κ1) is 22.9. The molecule has 0 aliphatic heterocycles. The maximum atomic E-state index is 12.2. The van der Waals surface area contributed by atoms with E-state index in [4.69, 9.17) is 11.6 Å². The molecule has 0 aromatic heterocycles. The van der Waals surface area contributed by atoms with Gasteiger partial charge in [-0.1, -0.05) is 11.6 Å². The molecule has 2 amide bonds. The third-order valence-corrected chi connectivity index (χ3v) is 4.28. The molecule has 0 atom stereocenters. The lowest BCUT2D eigenvalue weighted by atomic mass is 10.1. The van der Waals surface area contributed by atoms with Crippen LogP contribution in [0, 0.1) is 0 Å². The molecule has 0 unspecified atom stereocenters. The topological polar surface area (TPSA) is 111 Å². The van der Waals surface area contributed by atoms with Gasteiger partial charge in [0.15, 0.2) is 0 Å². The molecule has 0 fully saturated rings. The van der Waals surface area contributed by atoms with Crippen molar-refractivity contribution in [2.24, 2.45) is 0 Å². The van der Waals surface area contributed by atoms with Crippen LogP contribution in [0.4, 0.5) is 5.69 Å². The zero-order chi connectivity index (χ0) is 22.1. The van der Waals surface area contributed by atoms with Crippen molar-refractivity contribution in [2.75, 3.05) is 26.1 Å². The molecule has 158 valence electrons. The number of amides is 2. The molecule has 0 saturated heterocycles. The van der Waals surface area contributed by atoms with Crippen molar-refractivity contribution >= 4 is 41.0 Å². The van der Waals surface area contributed by atoms with E-state index in [-0.39, 0.29) is 35.0 Å². The van der Waals surface area contributed by atoms with Crippen molar-refractivity contribution in [3.63, 3.8) is 0 Å². The number of esters is 2. The molecular formula is C21H21ClN2O6. The Hall–Kier alpha value is -3.39. The normalized spacial score (nSPS) is 10.1. The summed E-state index contributed by atoms with van der Waals surface area (Å²) in [5.41, 5.74) is 0.934. The first-order valence-electron chi connectivity index (χ1n) is 8.99. The minimum atomic E-state index is -0.652. The van der Waals surface area contributed by atoms with E-state index in [9.17, 15) is 19.2 Å². The summed E-state index contributed by atoms with van der Waals surface area (Å²) in [6.07, 6.45) is 0.516. The average molecular weight is 433 g/mol. The van der Waals surface area contributed by atoms with Crippen LogP contribution in [0.2, 0.25) is 5.02 Å². The van der Waals surface area contributed by atoms with Crippen molar-refractivity contribution in [3.8, 4) is 0 Å². The monoisotopic (exact) mass is 432 g/mol. The van der Waals surface area contributed by atoms with Gasteiger partial charge < -0.3 is 20.1 Å². The molecule has 0 heterocycles. The van der Waals surface area contributed by atoms with E-state index in [0.29, 0.717) is 23.6 Å². The van der Waals surface area contributed by atoms with E-state index in [0.717, 1.165) is 0 Å². The fourth-order valence-corrected chi connectivity index (χ4v) is 2.67. The standard InChI is InChI=1S/C21H21ClN2O6/c1-29-20(27)14-10-15(21(28)30-2)12-17(11-14)24-18(25)4-3-9-23-19(26)13-5-7-16(22)8-6-13/h5-8,10-12H,3-4,9H2,1-2H3,(H,23,26)(H,24,25). The molecule has 8 nitrogen and oxygen atoms in total. The Kier molecular flexibility index (Phi) is 8.37. The van der Waals surface area contributed by atoms with Crippen LogP contribution in [0.15, 0.2) is 42.5 Å². The quantitative estimate of drug-likeness (QED) is 0.490. The van der Waals surface area contributed by atoms with Crippen LogP contribution in [-0.4, -0.2) is 44.5 Å². The van der Waals surface area contributed by atoms with Gasteiger partial charge in [-0.3, -0.25) is 9.59 Å². The van der Waals surface area contributed by atoms with Crippen LogP contribution in [-0.2, 0) is 14.3 Å². The maximum Gasteiger partial charge on any atom is 0.337 e. The van der Waals surface area contributed by atoms with Crippen LogP contribution in [0.3, 0.4) is 0 Å². The summed E-state index contributed by atoms with van der Waals surface area (Å²) < 4.78 is 9.32. The van der Waals surface area contributed by atoms with E-state index >= 15 is 0 Å². The minimum Gasteiger partial charge on any atom is -0.465 e. The Morgan fingerprint density at radius 2 is 1.43 bits per heavy atom. The maximum absolute atomic E-state index is 12.2. The highest BCUT2D eigenvalue weighted by Crippen LogP contribution is 2.17. The number of methoxy groups -OCH3 is 2. The van der Waals surface area contributed by atoms with E-state index in [1.54, 1.807) is 24.3 Å². The van der Waals surface area contributed by atoms with Crippen molar-refractivity contribution in [1.29, 1.82) is 0 Å². The predicted octanol–water partition coefficient (Wildman–Crippen LogP) is 3.06. The van der Waals surface area contributed by atoms with Crippen molar-refractivity contribution in [3.05, 3.63) is 64.2 Å². The summed E-state index contributed by atoms with van der Waals surface area (Å²) in [5.74, 6) is -1.91. The average Bonchev–Trinajstić information content (AvgIpc) is 2.75. The zero-order valence-corrected chi connectivity index (χ0v) is 17.2. The highest BCUT2D eigenvalue weighted by Gasteiger charge is 2.15. The lowest BCUT2D eigenvalue weighted by molar-refractivity contribution is -0.116. The molecule has 0 bridgehead atoms. The predicted molar refractivity (Wildman–Crippen MR) is 111 cm³/mol. The van der Waals surface area contributed by atoms with Gasteiger partial charge in [0.1, 0.15) is 0 Å². The lowest BCUT2D eigenvalue weighted by Gasteiger charge is -2.10. The summed E-state index contributed by atoms with van der Waals surface area (Å²) in [4.78, 5) is 47.8. The van der Waals surface area contributed by atoms with E-state index in [2.05, 4.69) is 20.1 Å². The van der Waals surface area contributed by atoms with Crippen molar-refractivity contribution in [1.82, 2.24) is 5.32 Å². The molecule has 2 rings (SSSR count). The van der Waals surface area contributed by atoms with Gasteiger partial charge in [-0.15, -0.1) is 0 Å². The summed E-state index contributed by atoms with van der Waals surface area (Å²) >= 11 is 5.79. The molecule has 2 aromatic carbocycles. The number of anilines is 1. The second-order valence-electron chi connectivity index (χ2n) is 6.20. The number of nitrogens with one attached hydrogen (secondary N) is 2. The lowest BCUT2D eigenvalue weighted by Crippen LogP contribution is -2.25. The molecule has 0 aliphatic carbocycles. The van der Waals surface area contributed by atoms with Gasteiger partial charge in [-0.25, -0.2) is 9.59 Å². The molecule has 0 spiro atoms. The Labute approximate surface area is 178 Å². The number of carbonyl (C=O) groups is 4. The Bertz CT molecular complexity index is 909. The summed E-state index contributed by atoms with van der Waals surface area (Å²) in [7, 11) is 2.42. The Balaban J connectivity index is 1.90. The van der Waals surface area contributed by atoms with Gasteiger partial charge >= 0.3 is 11.9 Å². The first-order chi connectivity index (χ1) is 14.3. The van der Waals surface area contributed by atoms with Gasteiger partial charge in [-0.05, 0) is 48.9 Å². The van der Waals surface area contributed by atoms with Gasteiger partial charge in [-0.2, -0.15) is 0 Å². The van der Waals surface area contributed by atoms with Gasteiger partial charge in [0, 0.05) is 29.2 Å². The van der Waals surface area contributed by atoms with Crippen LogP contribution >= 0.6 is 11.6 Å². The number of halogens is 1. The largest absolute Gasteiger partial charge is 0.465 e. The van der Waals surface area contributed by atoms with Gasteiger partial charge in [0.05, 0.1) is 25.3 Å². The molecule has 2 N–H and O–H groups in total. The Morgan fingerprint density at radius 1 is 0.867 bits per heavy atom. The number of carbonyl (C=O) groups excluding carboxylic acids is 4. The highest BCUT2D eigenvalue weighted by atomic mass is 35.5. The van der Waals surface area contributed by atoms with Crippen molar-refractivity contribution < 1.29 is 28.7 Å². The number of ether oxygens (including phenoxy) is 2. The highest BCUT2D eigenvalue weighted by molar-refractivity contribution is 6.30. The summed E-state index contributed by atoms with van der Waals surface area (Å²) in [6, 6.07) is 10.6. The second-order valence-corrected chi connectivity index (χ2v) is 6.63. The van der Waals surface area contributed by atoms with E-state index in [1.165, 1.54) is 32.4 Å². The van der Waals surface area contributed by atoms with E-state index < -0.39 is 11.9 Å². The molecular weight excluding hydrogens is 412 g/mol. The summed E-state index contributed by atoms with van der Waals surface area (Å²) in [5, 5.41) is 5.88. The summed E-state index contributed by atoms with van der Waals surface area (Å²) in [6.45, 7) is 0.296. The fourth-order valence-electron chi connectivity index (χ4n) is 2.55. The third-order valence-electron chi connectivity index (χ3n) is 4.03. The number of benzene rings is 2. The molecule has 0 aliphatic rings. The number of hydrogen-bond acceptors (Lipinski definition) is 6. The number of rotatable bonds is 8. The SMILES string of the molecule is COC(=O)c1cc(NC(=O)CCCNC(=O)c2ccc(Cl)cc2)cc(C(=O)OC)c1. The fraction of sp³-hybridized carbons (Fsp3) is 0.238. The molecule has 30 heavy (non-hydrogen) atoms. The Morgan fingerprint density at radius 3 is 1.97 bits per heavy atom. The van der Waals surface area contributed by atoms with Gasteiger partial charge in [0.2, 0.25) is 5.91 Å². The molecule has 0 radical (unpaired) electrons. The second kappa shape index (κ2) is 11.0. The molecule has 9 heteroatoms. The van der Waals surface area contributed by atoms with Crippen LogP contribution < -0.4 is 10.6 Å². The minimum absolute atomic E-state index is 0.103. The van der Waals surface area contributed by atoms with Crippen molar-refractivity contribution in [2.45, 2.75) is 12.8 Å². The first-order valence-corrected chi connectivity index (χ1v) is 9.37. The van der Waals surface area contributed by atoms with Crippen LogP contribution in [0.1, 0.15) is 43.9 Å². The third kappa shape index (κ3) is 6.59. The van der Waals surface area contributed by atoms with Crippen LogP contribution in [0.25, 0.3) is 0 Å². The molecule has 0 saturated carbocycles. The van der Waals surface area contributed by atoms with Gasteiger partial charge in [0.25, 0.3) is 5.91 Å².